The molecular formula is C35H79N8O16+. The number of hydroxylamine groups is 1. The van der Waals surface area contributed by atoms with E-state index < -0.39 is 0 Å². The molecule has 0 atom stereocenters. The zero-order valence-electron chi connectivity index (χ0n) is 36.3. The second-order valence-corrected chi connectivity index (χ2v) is 8.91. The Kier molecular flexibility index (Phi) is 162. The normalized spacial score (nSPS) is 8.78. The van der Waals surface area contributed by atoms with Gasteiger partial charge in [-0.05, 0) is 26.9 Å². The minimum absolute atomic E-state index is 0.0104. The third-order valence-electron chi connectivity index (χ3n) is 3.17. The van der Waals surface area contributed by atoms with Gasteiger partial charge >= 0.3 is 0 Å². The first-order valence-corrected chi connectivity index (χ1v) is 16.5. The van der Waals surface area contributed by atoms with Crippen LogP contribution in [0.15, 0.2) is 64.9 Å². The van der Waals surface area contributed by atoms with Crippen LogP contribution in [-0.4, -0.2) is 250 Å². The van der Waals surface area contributed by atoms with Crippen LogP contribution in [-0.2, 0) is 19.1 Å². The van der Waals surface area contributed by atoms with E-state index >= 15 is 0 Å². The van der Waals surface area contributed by atoms with E-state index in [-0.39, 0.29) is 46.2 Å². The van der Waals surface area contributed by atoms with Gasteiger partial charge in [0.2, 0.25) is 0 Å². The topological polar surface area (TPSA) is 368 Å². The number of rotatable bonds is 16. The minimum atomic E-state index is -0.361. The third kappa shape index (κ3) is 315. The Morgan fingerprint density at radius 3 is 1.31 bits per heavy atom. The van der Waals surface area contributed by atoms with Gasteiger partial charge in [-0.15, -0.1) is 9.82 Å². The predicted molar refractivity (Wildman–Crippen MR) is 235 cm³/mol. The second kappa shape index (κ2) is 117. The fourth-order valence-corrected chi connectivity index (χ4v) is 1.03. The molecular weight excluding hydrogens is 788 g/mol. The Hall–Kier alpha value is -5.24. The highest BCUT2D eigenvalue weighted by Crippen LogP contribution is 1.70. The number of likely N-dealkylation sites (N-methyl/N-ethyl adjacent to an activating group) is 1. The lowest BCUT2D eigenvalue weighted by Crippen LogP contribution is -2.15. The predicted octanol–water partition coefficient (Wildman–Crippen LogP) is -2.16. The van der Waals surface area contributed by atoms with Crippen LogP contribution in [0.3, 0.4) is 0 Å². The van der Waals surface area contributed by atoms with Crippen molar-refractivity contribution in [3.63, 3.8) is 0 Å². The standard InChI is InChI=1S/C4H11NO.2C4H9NO.C3H7NO2.C3H5NO2.2C3H7NO.C3H6NO.C3H8O2.C3H6O2.C2H4O2/c3*1-5(2)3-4-6;2*5-3-1-2-4-6;3*1-4-2-3-5;2*1-5-3-2-4;3-1-2-4/h6H,3-4H2,1-2H3;2*3-4,6H,1-2H3;2,5-6H,1,3H2;1-4,6H;2,5H,3H2,1H3;5H,1-3H2;2,5H,1,3H2;4H,2-3H2,1H3;2-4H,1H3;1,4H,2H2/q;;;;;;;+1;;;/b;4-3-;;;;;;;;3-2-;. The first-order valence-electron chi connectivity index (χ1n) is 16.5. The van der Waals surface area contributed by atoms with Crippen molar-refractivity contribution in [2.24, 2.45) is 15.1 Å². The summed E-state index contributed by atoms with van der Waals surface area (Å²) in [6, 6.07) is 0. The van der Waals surface area contributed by atoms with Crippen molar-refractivity contribution in [1.29, 1.82) is 0 Å². The Balaban J connectivity index is -0.0000000478. The maximum absolute atomic E-state index is 9.33. The molecule has 13 N–H and O–H groups in total. The van der Waals surface area contributed by atoms with Gasteiger partial charge in [0.15, 0.2) is 0 Å². The number of oxime groups is 1. The van der Waals surface area contributed by atoms with Gasteiger partial charge in [0, 0.05) is 92.9 Å². The minimum Gasteiger partial charge on any atom is -0.514 e. The van der Waals surface area contributed by atoms with Crippen molar-refractivity contribution in [3.8, 4) is 0 Å². The number of aliphatic imine (C=N–C) groups is 2. The first kappa shape index (κ1) is 81.8. The van der Waals surface area contributed by atoms with Gasteiger partial charge in [-0.3, -0.25) is 25.5 Å². The van der Waals surface area contributed by atoms with Gasteiger partial charge < -0.3 is 85.2 Å². The quantitative estimate of drug-likeness (QED) is 0.0149. The lowest BCUT2D eigenvalue weighted by atomic mass is 10.5. The molecule has 0 aromatic carbocycles. The number of aldehydes is 2. The molecule has 0 spiro atoms. The van der Waals surface area contributed by atoms with E-state index in [9.17, 15) is 4.79 Å². The average molecular weight is 868 g/mol. The zero-order chi connectivity index (χ0) is 48.7. The maximum atomic E-state index is 9.33. The van der Waals surface area contributed by atoms with E-state index in [2.05, 4.69) is 42.7 Å². The molecule has 0 saturated heterocycles. The monoisotopic (exact) mass is 868 g/mol. The van der Waals surface area contributed by atoms with Crippen LogP contribution in [0.4, 0.5) is 0 Å². The van der Waals surface area contributed by atoms with Crippen molar-refractivity contribution in [2.45, 2.75) is 6.42 Å². The number of hydrogen-bond acceptors (Lipinski definition) is 23. The summed E-state index contributed by atoms with van der Waals surface area (Å²) in [6.07, 6.45) is 14.8. The summed E-state index contributed by atoms with van der Waals surface area (Å²) in [5, 5.41) is 97.2. The highest BCUT2D eigenvalue weighted by atomic mass is 16.5. The summed E-state index contributed by atoms with van der Waals surface area (Å²) in [7, 11) is 15.9. The molecule has 0 aliphatic carbocycles. The van der Waals surface area contributed by atoms with Crippen molar-refractivity contribution in [3.05, 3.63) is 49.7 Å². The van der Waals surface area contributed by atoms with E-state index in [0.29, 0.717) is 32.1 Å². The highest BCUT2D eigenvalue weighted by molar-refractivity contribution is 5.64. The number of carbonyl (C=O) groups excluding carboxylic acids is 2. The van der Waals surface area contributed by atoms with Crippen LogP contribution in [0.1, 0.15) is 6.42 Å². The molecule has 0 radical (unpaired) electrons. The summed E-state index contributed by atoms with van der Waals surface area (Å²) in [5.74, 6) is 0. The number of nitrogens with zero attached hydrogens (tertiary/aromatic N) is 7. The first-order chi connectivity index (χ1) is 28.1. The van der Waals surface area contributed by atoms with Gasteiger partial charge in [0.05, 0.1) is 65.8 Å². The molecule has 24 heteroatoms. The summed E-state index contributed by atoms with van der Waals surface area (Å²) in [4.78, 5) is 30.5. The molecule has 0 amide bonds. The van der Waals surface area contributed by atoms with Crippen molar-refractivity contribution < 1.29 is 80.5 Å². The van der Waals surface area contributed by atoms with Gasteiger partial charge in [-0.2, -0.15) is 0 Å². The molecule has 0 unspecified atom stereocenters. The van der Waals surface area contributed by atoms with Crippen LogP contribution < -0.4 is 10.1 Å². The van der Waals surface area contributed by atoms with Crippen LogP contribution in [0.5, 0.6) is 0 Å². The van der Waals surface area contributed by atoms with E-state index in [1.54, 1.807) is 41.8 Å². The zero-order valence-corrected chi connectivity index (χ0v) is 36.3. The number of aliphatic hydroxyl groups is 10. The molecule has 59 heavy (non-hydrogen) atoms. The van der Waals surface area contributed by atoms with Crippen LogP contribution >= 0.6 is 0 Å². The average Bonchev–Trinajstić information content (AvgIpc) is 3.20. The van der Waals surface area contributed by atoms with E-state index in [1.165, 1.54) is 32.0 Å². The van der Waals surface area contributed by atoms with Crippen molar-refractivity contribution in [1.82, 2.24) is 24.8 Å². The summed E-state index contributed by atoms with van der Waals surface area (Å²) in [5.41, 5.74) is 1.66. The SMILES string of the molecule is C=NCCO.C=[N+]=CCO.CN(C)/C=C\O.CN(C)C=CO.CN(C)CCO.CN=CCO.CO/C=C\O.COCCO.O=CC=CNO.O=CCO.OCCC=NO. The van der Waals surface area contributed by atoms with E-state index in [1.807, 2.05) is 47.2 Å². The molecule has 0 aromatic rings. The van der Waals surface area contributed by atoms with Crippen LogP contribution in [0.25, 0.3) is 0 Å². The second-order valence-electron chi connectivity index (χ2n) is 8.91. The summed E-state index contributed by atoms with van der Waals surface area (Å²) in [6.45, 7) is 8.11. The van der Waals surface area contributed by atoms with Crippen LogP contribution in [0.2, 0.25) is 0 Å². The van der Waals surface area contributed by atoms with E-state index in [0.717, 1.165) is 37.6 Å². The fraction of sp³-hybridized carbons (Fsp3) is 0.571. The Bertz CT molecular complexity index is 862. The maximum Gasteiger partial charge on any atom is 0.293 e. The number of aliphatic hydroxyl groups excluding tert-OH is 10. The molecule has 0 aromatic heterocycles. The smallest absolute Gasteiger partial charge is 0.293 e. The molecule has 0 aliphatic heterocycles. The Morgan fingerprint density at radius 2 is 1.27 bits per heavy atom. The van der Waals surface area contributed by atoms with Crippen molar-refractivity contribution >= 4 is 44.7 Å². The van der Waals surface area contributed by atoms with Gasteiger partial charge in [-0.1, -0.05) is 0 Å². The van der Waals surface area contributed by atoms with E-state index in [4.69, 9.17) is 66.3 Å². The number of carbonyl (C=O) groups is 2. The molecule has 0 aliphatic rings. The molecule has 0 heterocycles. The number of nitrogens with one attached hydrogen (secondary N) is 1. The lowest BCUT2D eigenvalue weighted by molar-refractivity contribution is -0.110. The molecule has 24 nitrogen and oxygen atoms in total. The molecule has 0 rings (SSSR count). The molecule has 0 fully saturated rings. The molecule has 354 valence electrons. The van der Waals surface area contributed by atoms with Crippen LogP contribution in [0, 0.1) is 0 Å². The largest absolute Gasteiger partial charge is 0.514 e. The van der Waals surface area contributed by atoms with Crippen molar-refractivity contribution in [2.75, 3.05) is 129 Å². The van der Waals surface area contributed by atoms with Gasteiger partial charge in [-0.25, -0.2) is 0 Å². The molecule has 0 saturated carbocycles. The number of hydrogen-bond donors (Lipinski definition) is 13. The number of ether oxygens (including phenoxy) is 2. The number of allylic oxidation sites excluding steroid dienone is 1. The lowest BCUT2D eigenvalue weighted by Gasteiger charge is -2.03. The number of methoxy groups -OCH3 is 2. The van der Waals surface area contributed by atoms with Gasteiger partial charge in [0.25, 0.3) is 12.9 Å². The highest BCUT2D eigenvalue weighted by Gasteiger charge is 1.80. The summed E-state index contributed by atoms with van der Waals surface area (Å²) >= 11 is 0. The Labute approximate surface area is 350 Å². The fourth-order valence-electron chi connectivity index (χ4n) is 1.03. The van der Waals surface area contributed by atoms with Gasteiger partial charge in [0.1, 0.15) is 31.7 Å². The summed E-state index contributed by atoms with van der Waals surface area (Å²) < 4.78 is 11.9. The molecule has 0 bridgehead atoms. The third-order valence-corrected chi connectivity index (χ3v) is 3.17. The Morgan fingerprint density at radius 1 is 0.763 bits per heavy atom.